The van der Waals surface area contributed by atoms with E-state index >= 15 is 0 Å². The van der Waals surface area contributed by atoms with Crippen molar-refractivity contribution in [2.24, 2.45) is 17.8 Å². The molecule has 2 atom stereocenters. The zero-order valence-corrected chi connectivity index (χ0v) is 13.1. The molecule has 1 N–H and O–H groups in total. The van der Waals surface area contributed by atoms with Gasteiger partial charge in [0.1, 0.15) is 0 Å². The molecule has 3 fully saturated rings. The van der Waals surface area contributed by atoms with Crippen LogP contribution in [-0.4, -0.2) is 36.0 Å². The van der Waals surface area contributed by atoms with E-state index in [4.69, 9.17) is 0 Å². The molecule has 2 unspecified atom stereocenters. The first kappa shape index (κ1) is 14.4. The van der Waals surface area contributed by atoms with Gasteiger partial charge in [0.05, 0.1) is 0 Å². The minimum atomic E-state index is 0.429. The molecule has 0 aliphatic carbocycles. The molecule has 3 aliphatic heterocycles. The van der Waals surface area contributed by atoms with Crippen molar-refractivity contribution in [3.8, 4) is 0 Å². The van der Waals surface area contributed by atoms with Gasteiger partial charge in [0.25, 0.3) is 0 Å². The first-order valence-electron chi connectivity index (χ1n) is 8.65. The van der Waals surface area contributed by atoms with Gasteiger partial charge in [0.15, 0.2) is 0 Å². The van der Waals surface area contributed by atoms with Gasteiger partial charge in [-0.05, 0) is 56.3 Å². The van der Waals surface area contributed by atoms with Gasteiger partial charge in [-0.2, -0.15) is 0 Å². The number of rotatable bonds is 3. The Morgan fingerprint density at radius 1 is 1.10 bits per heavy atom. The highest BCUT2D eigenvalue weighted by molar-refractivity contribution is 5.76. The van der Waals surface area contributed by atoms with Gasteiger partial charge in [-0.15, -0.1) is 0 Å². The molecule has 1 amide bonds. The number of fused-ring (bicyclic) bond motifs is 2. The van der Waals surface area contributed by atoms with Gasteiger partial charge >= 0.3 is 0 Å². The normalized spacial score (nSPS) is 34.8. The Morgan fingerprint density at radius 3 is 2.25 bits per heavy atom. The fraction of sp³-hybridized carbons (Fsp3) is 0.941. The maximum atomic E-state index is 12.5. The number of amides is 1. The molecule has 0 aromatic heterocycles. The smallest absolute Gasteiger partial charge is 0.222 e. The van der Waals surface area contributed by atoms with E-state index in [1.54, 1.807) is 0 Å². The molecule has 0 aromatic rings. The lowest BCUT2D eigenvalue weighted by Gasteiger charge is -2.35. The van der Waals surface area contributed by atoms with Crippen LogP contribution in [0.1, 0.15) is 58.8 Å². The highest BCUT2D eigenvalue weighted by atomic mass is 16.2. The summed E-state index contributed by atoms with van der Waals surface area (Å²) in [7, 11) is 0. The fourth-order valence-electron chi connectivity index (χ4n) is 4.53. The molecule has 0 spiro atoms. The molecule has 2 bridgehead atoms. The first-order chi connectivity index (χ1) is 9.61. The van der Waals surface area contributed by atoms with Crippen LogP contribution in [0.25, 0.3) is 0 Å². The zero-order chi connectivity index (χ0) is 14.1. The van der Waals surface area contributed by atoms with Crippen LogP contribution in [0.4, 0.5) is 0 Å². The number of nitrogens with zero attached hydrogens (tertiary/aromatic N) is 1. The van der Waals surface area contributed by atoms with E-state index in [2.05, 4.69) is 24.1 Å². The maximum absolute atomic E-state index is 12.5. The predicted octanol–water partition coefficient (Wildman–Crippen LogP) is 2.80. The lowest BCUT2D eigenvalue weighted by molar-refractivity contribution is -0.134. The number of likely N-dealkylation sites (tertiary alicyclic amines) is 1. The van der Waals surface area contributed by atoms with Crippen LogP contribution in [0.2, 0.25) is 0 Å². The van der Waals surface area contributed by atoms with Gasteiger partial charge in [0, 0.05) is 31.6 Å². The molecular formula is C17H30N2O. The van der Waals surface area contributed by atoms with E-state index in [1.165, 1.54) is 38.5 Å². The van der Waals surface area contributed by atoms with Crippen molar-refractivity contribution in [1.82, 2.24) is 10.2 Å². The van der Waals surface area contributed by atoms with Crippen LogP contribution >= 0.6 is 0 Å². The number of carbonyl (C=O) groups excluding carboxylic acids is 1. The highest BCUT2D eigenvalue weighted by Gasteiger charge is 2.35. The molecule has 3 nitrogen and oxygen atoms in total. The summed E-state index contributed by atoms with van der Waals surface area (Å²) >= 11 is 0. The zero-order valence-electron chi connectivity index (χ0n) is 13.1. The van der Waals surface area contributed by atoms with E-state index in [9.17, 15) is 4.79 Å². The van der Waals surface area contributed by atoms with Crippen LogP contribution in [0.15, 0.2) is 0 Å². The monoisotopic (exact) mass is 278 g/mol. The predicted molar refractivity (Wildman–Crippen MR) is 81.4 cm³/mol. The molecule has 3 heteroatoms. The number of piperidine rings is 2. The average molecular weight is 278 g/mol. The van der Waals surface area contributed by atoms with Crippen LogP contribution in [0, 0.1) is 17.8 Å². The maximum Gasteiger partial charge on any atom is 0.222 e. The Morgan fingerprint density at radius 2 is 1.70 bits per heavy atom. The van der Waals surface area contributed by atoms with Crippen molar-refractivity contribution < 1.29 is 4.79 Å². The summed E-state index contributed by atoms with van der Waals surface area (Å²) in [4.78, 5) is 14.6. The van der Waals surface area contributed by atoms with E-state index in [0.717, 1.165) is 31.3 Å². The third kappa shape index (κ3) is 3.19. The van der Waals surface area contributed by atoms with Crippen LogP contribution in [0.5, 0.6) is 0 Å². The van der Waals surface area contributed by atoms with E-state index in [-0.39, 0.29) is 0 Å². The van der Waals surface area contributed by atoms with Crippen LogP contribution < -0.4 is 5.32 Å². The number of hydrogen-bond donors (Lipinski definition) is 1. The summed E-state index contributed by atoms with van der Waals surface area (Å²) in [6.45, 7) is 6.62. The van der Waals surface area contributed by atoms with Gasteiger partial charge in [0.2, 0.25) is 5.91 Å². The standard InChI is InChI=1S/C17H30N2O/c1-12(2)14-5-7-19(8-6-14)17(20)11-13-9-15-3-4-16(10-13)18-15/h12-16,18H,3-11H2,1-2H3. The van der Waals surface area contributed by atoms with Crippen molar-refractivity contribution in [3.63, 3.8) is 0 Å². The Hall–Kier alpha value is -0.570. The Kier molecular flexibility index (Phi) is 4.34. The molecule has 0 aromatic carbocycles. The molecule has 3 aliphatic rings. The number of nitrogens with one attached hydrogen (secondary N) is 1. The molecule has 3 rings (SSSR count). The topological polar surface area (TPSA) is 32.3 Å². The third-order valence-electron chi connectivity index (χ3n) is 5.87. The van der Waals surface area contributed by atoms with Gasteiger partial charge in [-0.25, -0.2) is 0 Å². The average Bonchev–Trinajstić information content (AvgIpc) is 2.78. The quantitative estimate of drug-likeness (QED) is 0.861. The van der Waals surface area contributed by atoms with E-state index in [0.29, 0.717) is 23.9 Å². The number of carbonyl (C=O) groups is 1. The summed E-state index contributed by atoms with van der Waals surface area (Å²) in [5.41, 5.74) is 0. The SMILES string of the molecule is CC(C)C1CCN(C(=O)CC2CC3CCC(C2)N3)CC1. The second kappa shape index (κ2) is 6.05. The van der Waals surface area contributed by atoms with Gasteiger partial charge in [-0.1, -0.05) is 13.8 Å². The van der Waals surface area contributed by atoms with Crippen molar-refractivity contribution in [3.05, 3.63) is 0 Å². The van der Waals surface area contributed by atoms with Crippen LogP contribution in [0.3, 0.4) is 0 Å². The molecule has 114 valence electrons. The Balaban J connectivity index is 1.45. The molecule has 3 saturated heterocycles. The number of hydrogen-bond acceptors (Lipinski definition) is 2. The fourth-order valence-corrected chi connectivity index (χ4v) is 4.53. The van der Waals surface area contributed by atoms with E-state index in [1.807, 2.05) is 0 Å². The summed E-state index contributed by atoms with van der Waals surface area (Å²) in [5.74, 6) is 2.67. The Labute approximate surface area is 123 Å². The summed E-state index contributed by atoms with van der Waals surface area (Å²) in [5, 5.41) is 3.67. The summed E-state index contributed by atoms with van der Waals surface area (Å²) < 4.78 is 0. The minimum absolute atomic E-state index is 0.429. The molecule has 0 radical (unpaired) electrons. The lowest BCUT2D eigenvalue weighted by Crippen LogP contribution is -2.43. The summed E-state index contributed by atoms with van der Waals surface area (Å²) in [6, 6.07) is 1.41. The van der Waals surface area contributed by atoms with Crippen molar-refractivity contribution in [1.29, 1.82) is 0 Å². The molecule has 20 heavy (non-hydrogen) atoms. The molecule has 3 heterocycles. The Bertz CT molecular complexity index is 335. The van der Waals surface area contributed by atoms with Crippen molar-refractivity contribution in [2.75, 3.05) is 13.1 Å². The van der Waals surface area contributed by atoms with Crippen LogP contribution in [-0.2, 0) is 4.79 Å². The minimum Gasteiger partial charge on any atom is -0.343 e. The van der Waals surface area contributed by atoms with E-state index < -0.39 is 0 Å². The molecular weight excluding hydrogens is 248 g/mol. The first-order valence-corrected chi connectivity index (χ1v) is 8.65. The van der Waals surface area contributed by atoms with Gasteiger partial charge in [-0.3, -0.25) is 4.79 Å². The van der Waals surface area contributed by atoms with Crippen molar-refractivity contribution >= 4 is 5.91 Å². The highest BCUT2D eigenvalue weighted by Crippen LogP contribution is 2.33. The second-order valence-electron chi connectivity index (χ2n) is 7.64. The second-order valence-corrected chi connectivity index (χ2v) is 7.64. The van der Waals surface area contributed by atoms with Crippen molar-refractivity contribution in [2.45, 2.75) is 70.9 Å². The van der Waals surface area contributed by atoms with Gasteiger partial charge < -0.3 is 10.2 Å². The third-order valence-corrected chi connectivity index (χ3v) is 5.87. The summed E-state index contributed by atoms with van der Waals surface area (Å²) in [6.07, 6.45) is 8.34. The largest absolute Gasteiger partial charge is 0.343 e. The molecule has 0 saturated carbocycles. The lowest BCUT2D eigenvalue weighted by atomic mass is 9.85.